The Morgan fingerprint density at radius 1 is 1.05 bits per heavy atom. The van der Waals surface area contributed by atoms with Crippen LogP contribution in [0.25, 0.3) is 0 Å². The second-order valence-corrected chi connectivity index (χ2v) is 7.85. The lowest BCUT2D eigenvalue weighted by Gasteiger charge is -2.30. The predicted molar refractivity (Wildman–Crippen MR) is 83.7 cm³/mol. The van der Waals surface area contributed by atoms with E-state index in [0.29, 0.717) is 19.6 Å². The van der Waals surface area contributed by atoms with Crippen molar-refractivity contribution in [1.82, 2.24) is 14.5 Å². The molecular formula is C15H23N3O2S. The van der Waals surface area contributed by atoms with Crippen molar-refractivity contribution < 1.29 is 8.42 Å². The monoisotopic (exact) mass is 309 g/mol. The van der Waals surface area contributed by atoms with Gasteiger partial charge in [-0.05, 0) is 17.5 Å². The van der Waals surface area contributed by atoms with Crippen LogP contribution in [0.2, 0.25) is 0 Å². The molecular weight excluding hydrogens is 286 g/mol. The highest BCUT2D eigenvalue weighted by atomic mass is 32.2. The number of nitrogens with one attached hydrogen (secondary N) is 1. The summed E-state index contributed by atoms with van der Waals surface area (Å²) < 4.78 is 26.7. The highest BCUT2D eigenvalue weighted by Gasteiger charge is 2.27. The fourth-order valence-electron chi connectivity index (χ4n) is 3.02. The molecule has 0 bridgehead atoms. The number of sulfonamides is 1. The molecule has 5 nitrogen and oxygen atoms in total. The minimum atomic E-state index is -3.15. The molecule has 1 saturated heterocycles. The normalized spacial score (nSPS) is 21.1. The highest BCUT2D eigenvalue weighted by Crippen LogP contribution is 2.21. The van der Waals surface area contributed by atoms with Crippen LogP contribution in [0.4, 0.5) is 0 Å². The Labute approximate surface area is 127 Å². The molecule has 1 aromatic carbocycles. The molecule has 0 amide bonds. The zero-order chi connectivity index (χ0) is 14.7. The standard InChI is InChI=1S/C15H23N3O2S/c19-21(20,12-11-17-9-6-16-7-10-17)18-8-5-14-3-1-2-4-15(14)13-18/h1-4,16H,5-13H2. The van der Waals surface area contributed by atoms with Crippen LogP contribution in [0.3, 0.4) is 0 Å². The average Bonchev–Trinajstić information content (AvgIpc) is 2.53. The topological polar surface area (TPSA) is 52.7 Å². The summed E-state index contributed by atoms with van der Waals surface area (Å²) in [7, 11) is -3.15. The number of nitrogens with zero attached hydrogens (tertiary/aromatic N) is 2. The van der Waals surface area contributed by atoms with E-state index in [1.54, 1.807) is 4.31 Å². The van der Waals surface area contributed by atoms with E-state index in [2.05, 4.69) is 16.3 Å². The number of hydrogen-bond donors (Lipinski definition) is 1. The molecule has 1 fully saturated rings. The fraction of sp³-hybridized carbons (Fsp3) is 0.600. The quantitative estimate of drug-likeness (QED) is 0.868. The Morgan fingerprint density at radius 2 is 1.76 bits per heavy atom. The first-order chi connectivity index (χ1) is 10.1. The van der Waals surface area contributed by atoms with E-state index in [0.717, 1.165) is 38.2 Å². The van der Waals surface area contributed by atoms with Gasteiger partial charge in [0.25, 0.3) is 0 Å². The third-order valence-electron chi connectivity index (χ3n) is 4.36. The Morgan fingerprint density at radius 3 is 2.52 bits per heavy atom. The van der Waals surface area contributed by atoms with Gasteiger partial charge in [-0.2, -0.15) is 4.31 Å². The van der Waals surface area contributed by atoms with E-state index < -0.39 is 10.0 Å². The van der Waals surface area contributed by atoms with Crippen LogP contribution >= 0.6 is 0 Å². The first-order valence-corrected chi connectivity index (χ1v) is 9.24. The summed E-state index contributed by atoms with van der Waals surface area (Å²) >= 11 is 0. The van der Waals surface area contributed by atoms with Crippen LogP contribution in [-0.4, -0.2) is 62.6 Å². The van der Waals surface area contributed by atoms with Crippen LogP contribution in [0.1, 0.15) is 11.1 Å². The smallest absolute Gasteiger partial charge is 0.215 e. The lowest BCUT2D eigenvalue weighted by Crippen LogP contribution is -2.46. The van der Waals surface area contributed by atoms with E-state index in [1.807, 2.05) is 18.2 Å². The molecule has 0 aliphatic carbocycles. The van der Waals surface area contributed by atoms with Crippen LogP contribution in [0.5, 0.6) is 0 Å². The molecule has 3 rings (SSSR count). The molecule has 0 atom stereocenters. The van der Waals surface area contributed by atoms with Gasteiger partial charge in [-0.1, -0.05) is 24.3 Å². The lowest BCUT2D eigenvalue weighted by atomic mass is 10.0. The summed E-state index contributed by atoms with van der Waals surface area (Å²) in [5.74, 6) is 0.231. The maximum absolute atomic E-state index is 12.5. The number of fused-ring (bicyclic) bond motifs is 1. The number of hydrogen-bond acceptors (Lipinski definition) is 4. The summed E-state index contributed by atoms with van der Waals surface area (Å²) in [6.45, 7) is 5.58. The largest absolute Gasteiger partial charge is 0.314 e. The van der Waals surface area contributed by atoms with Gasteiger partial charge in [0.05, 0.1) is 5.75 Å². The van der Waals surface area contributed by atoms with Gasteiger partial charge in [0.2, 0.25) is 10.0 Å². The molecule has 0 spiro atoms. The number of piperazine rings is 1. The molecule has 6 heteroatoms. The average molecular weight is 309 g/mol. The Kier molecular flexibility index (Phi) is 4.59. The van der Waals surface area contributed by atoms with Crippen molar-refractivity contribution >= 4 is 10.0 Å². The van der Waals surface area contributed by atoms with E-state index in [1.165, 1.54) is 5.56 Å². The van der Waals surface area contributed by atoms with Crippen LogP contribution in [0, 0.1) is 0 Å². The van der Waals surface area contributed by atoms with E-state index in [9.17, 15) is 8.42 Å². The van der Waals surface area contributed by atoms with E-state index in [-0.39, 0.29) is 5.75 Å². The predicted octanol–water partition coefficient (Wildman–Crippen LogP) is 0.280. The first kappa shape index (κ1) is 15.0. The zero-order valence-corrected chi connectivity index (χ0v) is 13.1. The summed E-state index contributed by atoms with van der Waals surface area (Å²) in [4.78, 5) is 2.23. The minimum absolute atomic E-state index is 0.231. The van der Waals surface area contributed by atoms with Gasteiger partial charge in [-0.15, -0.1) is 0 Å². The van der Waals surface area contributed by atoms with Crippen molar-refractivity contribution in [2.45, 2.75) is 13.0 Å². The van der Waals surface area contributed by atoms with Crippen molar-refractivity contribution in [2.24, 2.45) is 0 Å². The molecule has 21 heavy (non-hydrogen) atoms. The molecule has 0 saturated carbocycles. The maximum atomic E-state index is 12.5. The van der Waals surface area contributed by atoms with E-state index >= 15 is 0 Å². The zero-order valence-electron chi connectivity index (χ0n) is 12.3. The van der Waals surface area contributed by atoms with Crippen molar-refractivity contribution in [1.29, 1.82) is 0 Å². The van der Waals surface area contributed by atoms with Gasteiger partial charge in [-0.3, -0.25) is 4.90 Å². The van der Waals surface area contributed by atoms with Crippen molar-refractivity contribution in [3.63, 3.8) is 0 Å². The number of benzene rings is 1. The molecule has 116 valence electrons. The van der Waals surface area contributed by atoms with Gasteiger partial charge in [0, 0.05) is 45.8 Å². The third kappa shape index (κ3) is 3.63. The van der Waals surface area contributed by atoms with E-state index in [4.69, 9.17) is 0 Å². The second kappa shape index (κ2) is 6.44. The highest BCUT2D eigenvalue weighted by molar-refractivity contribution is 7.89. The molecule has 1 N–H and O–H groups in total. The van der Waals surface area contributed by atoms with Crippen LogP contribution in [-0.2, 0) is 23.0 Å². The van der Waals surface area contributed by atoms with Gasteiger partial charge < -0.3 is 5.32 Å². The molecule has 0 radical (unpaired) electrons. The molecule has 2 aliphatic heterocycles. The third-order valence-corrected chi connectivity index (χ3v) is 6.16. The molecule has 2 heterocycles. The summed E-state index contributed by atoms with van der Waals surface area (Å²) in [6.07, 6.45) is 0.822. The molecule has 0 aromatic heterocycles. The SMILES string of the molecule is O=S(=O)(CCN1CCNCC1)N1CCc2ccccc2C1. The number of rotatable bonds is 4. The minimum Gasteiger partial charge on any atom is -0.314 e. The molecule has 0 unspecified atom stereocenters. The first-order valence-electron chi connectivity index (χ1n) is 7.63. The Bertz CT molecular complexity index is 582. The molecule has 2 aliphatic rings. The summed E-state index contributed by atoms with van der Waals surface area (Å²) in [6, 6.07) is 8.14. The van der Waals surface area contributed by atoms with Gasteiger partial charge in [-0.25, -0.2) is 8.42 Å². The summed E-state index contributed by atoms with van der Waals surface area (Å²) in [5.41, 5.74) is 2.43. The van der Waals surface area contributed by atoms with Crippen molar-refractivity contribution in [2.75, 3.05) is 45.0 Å². The second-order valence-electron chi connectivity index (χ2n) is 5.76. The van der Waals surface area contributed by atoms with Gasteiger partial charge in [0.15, 0.2) is 0 Å². The Balaban J connectivity index is 1.60. The van der Waals surface area contributed by atoms with Crippen molar-refractivity contribution in [3.8, 4) is 0 Å². The Hall–Kier alpha value is -0.950. The lowest BCUT2D eigenvalue weighted by molar-refractivity contribution is 0.252. The maximum Gasteiger partial charge on any atom is 0.215 e. The van der Waals surface area contributed by atoms with Crippen LogP contribution < -0.4 is 5.32 Å². The fourth-order valence-corrected chi connectivity index (χ4v) is 4.47. The summed E-state index contributed by atoms with van der Waals surface area (Å²) in [5, 5.41) is 3.28. The molecule has 1 aromatic rings. The van der Waals surface area contributed by atoms with Gasteiger partial charge >= 0.3 is 0 Å². The van der Waals surface area contributed by atoms with Crippen molar-refractivity contribution in [3.05, 3.63) is 35.4 Å². The van der Waals surface area contributed by atoms with Crippen LogP contribution in [0.15, 0.2) is 24.3 Å². The van der Waals surface area contributed by atoms with Gasteiger partial charge in [0.1, 0.15) is 0 Å².